The van der Waals surface area contributed by atoms with E-state index in [0.29, 0.717) is 0 Å². The van der Waals surface area contributed by atoms with Crippen molar-refractivity contribution in [1.29, 1.82) is 0 Å². The van der Waals surface area contributed by atoms with Crippen LogP contribution in [0.25, 0.3) is 0 Å². The second-order valence-electron chi connectivity index (χ2n) is 4.73. The van der Waals surface area contributed by atoms with Crippen molar-refractivity contribution in [2.75, 3.05) is 0 Å². The topological polar surface area (TPSA) is 37.3 Å². The predicted molar refractivity (Wildman–Crippen MR) is 56.2 cm³/mol. The summed E-state index contributed by atoms with van der Waals surface area (Å²) in [6.45, 7) is 4.86. The minimum Gasteiger partial charge on any atom is -0.384 e. The minimum absolute atomic E-state index is 0.676. The Morgan fingerprint density at radius 2 is 1.69 bits per heavy atom. The lowest BCUT2D eigenvalue weighted by Crippen LogP contribution is -2.35. The van der Waals surface area contributed by atoms with Crippen molar-refractivity contribution in [3.63, 3.8) is 0 Å². The molecule has 0 saturated heterocycles. The molecule has 0 saturated carbocycles. The molecule has 88 valence electrons. The molecule has 0 spiro atoms. The highest BCUT2D eigenvalue weighted by Crippen LogP contribution is 2.24. The second kappa shape index (κ2) is 4.29. The van der Waals surface area contributed by atoms with Crippen LogP contribution in [0.1, 0.15) is 31.1 Å². The average Bonchev–Trinajstić information content (AvgIpc) is 2.14. The molecule has 0 aliphatic rings. The van der Waals surface area contributed by atoms with E-state index in [1.54, 1.807) is 20.8 Å². The highest BCUT2D eigenvalue weighted by Gasteiger charge is 2.32. The smallest absolute Gasteiger partial charge is 0.197 e. The van der Waals surface area contributed by atoms with E-state index in [1.165, 1.54) is 6.07 Å². The molecule has 0 heterocycles. The zero-order valence-corrected chi connectivity index (χ0v) is 9.42. The molecule has 0 aromatic heterocycles. The van der Waals surface area contributed by atoms with E-state index in [0.717, 1.165) is 12.1 Å². The Hall–Kier alpha value is -1.29. The van der Waals surface area contributed by atoms with Crippen molar-refractivity contribution >= 4 is 5.78 Å². The van der Waals surface area contributed by atoms with Gasteiger partial charge in [0.2, 0.25) is 0 Å². The molecular formula is C12H14F2O2. The van der Waals surface area contributed by atoms with Gasteiger partial charge in [0.15, 0.2) is 5.78 Å². The third-order valence-corrected chi connectivity index (χ3v) is 2.28. The number of carbonyl (C=O) groups is 1. The fourth-order valence-corrected chi connectivity index (χ4v) is 1.26. The third kappa shape index (κ3) is 2.44. The van der Waals surface area contributed by atoms with E-state index in [4.69, 9.17) is 0 Å². The van der Waals surface area contributed by atoms with Crippen molar-refractivity contribution in [1.82, 2.24) is 0 Å². The first-order chi connectivity index (χ1) is 7.25. The lowest BCUT2D eigenvalue weighted by molar-refractivity contribution is 0.0434. The molecule has 1 aromatic rings. The molecule has 1 aromatic carbocycles. The highest BCUT2D eigenvalue weighted by atomic mass is 19.1. The Kier molecular flexibility index (Phi) is 3.43. The Morgan fingerprint density at radius 3 is 2.06 bits per heavy atom. The average molecular weight is 228 g/mol. The molecule has 2 nitrogen and oxygen atoms in total. The number of hydrogen-bond donors (Lipinski definition) is 1. The predicted octanol–water partition coefficient (Wildman–Crippen LogP) is 2.55. The first kappa shape index (κ1) is 12.8. The summed E-state index contributed by atoms with van der Waals surface area (Å²) < 4.78 is 26.6. The quantitative estimate of drug-likeness (QED) is 0.790. The van der Waals surface area contributed by atoms with Crippen LogP contribution in [0.15, 0.2) is 18.2 Å². The molecule has 1 N–H and O–H groups in total. The van der Waals surface area contributed by atoms with Gasteiger partial charge in [0.05, 0.1) is 5.56 Å². The largest absolute Gasteiger partial charge is 0.384 e. The molecule has 1 unspecified atom stereocenters. The Bertz CT molecular complexity index is 388. The van der Waals surface area contributed by atoms with E-state index < -0.39 is 34.5 Å². The number of ketones is 1. The summed E-state index contributed by atoms with van der Waals surface area (Å²) in [6.07, 6.45) is -1.43. The third-order valence-electron chi connectivity index (χ3n) is 2.28. The molecule has 1 rings (SSSR count). The Labute approximate surface area is 92.9 Å². The summed E-state index contributed by atoms with van der Waals surface area (Å²) >= 11 is 0. The van der Waals surface area contributed by atoms with E-state index in [9.17, 15) is 18.7 Å². The van der Waals surface area contributed by atoms with Gasteiger partial charge in [-0.1, -0.05) is 26.8 Å². The maximum Gasteiger partial charge on any atom is 0.197 e. The SMILES string of the molecule is CC(C)(C)C(O)C(=O)c1c(F)cccc1F. The van der Waals surface area contributed by atoms with Crippen molar-refractivity contribution in [2.24, 2.45) is 5.41 Å². The van der Waals surface area contributed by atoms with E-state index in [1.807, 2.05) is 0 Å². The van der Waals surface area contributed by atoms with Gasteiger partial charge in [-0.25, -0.2) is 8.78 Å². The van der Waals surface area contributed by atoms with Crippen molar-refractivity contribution in [3.05, 3.63) is 35.4 Å². The van der Waals surface area contributed by atoms with Crippen LogP contribution in [-0.2, 0) is 0 Å². The van der Waals surface area contributed by atoms with Crippen LogP contribution in [0.2, 0.25) is 0 Å². The van der Waals surface area contributed by atoms with Crippen LogP contribution in [0.4, 0.5) is 8.78 Å². The second-order valence-corrected chi connectivity index (χ2v) is 4.73. The normalized spacial score (nSPS) is 13.6. The number of benzene rings is 1. The van der Waals surface area contributed by atoms with Gasteiger partial charge in [0.25, 0.3) is 0 Å². The van der Waals surface area contributed by atoms with Crippen LogP contribution < -0.4 is 0 Å². The fraction of sp³-hybridized carbons (Fsp3) is 0.417. The molecule has 1 atom stereocenters. The first-order valence-electron chi connectivity index (χ1n) is 4.91. The van der Waals surface area contributed by atoms with E-state index in [-0.39, 0.29) is 0 Å². The molecule has 0 fully saturated rings. The number of aliphatic hydroxyl groups excluding tert-OH is 1. The van der Waals surface area contributed by atoms with Crippen LogP contribution in [0.5, 0.6) is 0 Å². The van der Waals surface area contributed by atoms with Gasteiger partial charge in [0.1, 0.15) is 17.7 Å². The number of aliphatic hydroxyl groups is 1. The monoisotopic (exact) mass is 228 g/mol. The zero-order chi connectivity index (χ0) is 12.5. The van der Waals surface area contributed by atoms with Crippen LogP contribution >= 0.6 is 0 Å². The van der Waals surface area contributed by atoms with Crippen molar-refractivity contribution in [3.8, 4) is 0 Å². The van der Waals surface area contributed by atoms with Crippen molar-refractivity contribution < 1.29 is 18.7 Å². The lowest BCUT2D eigenvalue weighted by atomic mass is 9.84. The molecule has 0 bridgehead atoms. The summed E-state index contributed by atoms with van der Waals surface area (Å²) in [5.74, 6) is -2.83. The van der Waals surface area contributed by atoms with Crippen LogP contribution in [-0.4, -0.2) is 17.0 Å². The van der Waals surface area contributed by atoms with E-state index in [2.05, 4.69) is 0 Å². The summed E-state index contributed by atoms with van der Waals surface area (Å²) in [6, 6.07) is 3.16. The number of carbonyl (C=O) groups excluding carboxylic acids is 1. The summed E-state index contributed by atoms with van der Waals surface area (Å²) in [7, 11) is 0. The highest BCUT2D eigenvalue weighted by molar-refractivity contribution is 6.00. The van der Waals surface area contributed by atoms with Gasteiger partial charge >= 0.3 is 0 Å². The van der Waals surface area contributed by atoms with Gasteiger partial charge in [0, 0.05) is 0 Å². The maximum atomic E-state index is 13.3. The number of hydrogen-bond acceptors (Lipinski definition) is 2. The minimum atomic E-state index is -1.43. The van der Waals surface area contributed by atoms with Gasteiger partial charge < -0.3 is 5.11 Å². The standard InChI is InChI=1S/C12H14F2O2/c1-12(2,3)11(16)10(15)9-7(13)5-4-6-8(9)14/h4-6,11,16H,1-3H3. The molecule has 16 heavy (non-hydrogen) atoms. The maximum absolute atomic E-state index is 13.3. The van der Waals surface area contributed by atoms with Crippen LogP contribution in [0.3, 0.4) is 0 Å². The fourth-order valence-electron chi connectivity index (χ4n) is 1.26. The Morgan fingerprint density at radius 1 is 1.25 bits per heavy atom. The molecular weight excluding hydrogens is 214 g/mol. The van der Waals surface area contributed by atoms with E-state index >= 15 is 0 Å². The number of halogens is 2. The number of rotatable bonds is 2. The molecule has 4 heteroatoms. The molecule has 0 radical (unpaired) electrons. The number of Topliss-reactive ketones (excluding diaryl/α,β-unsaturated/α-hetero) is 1. The summed E-state index contributed by atoms with van der Waals surface area (Å²) in [5, 5.41) is 9.67. The lowest BCUT2D eigenvalue weighted by Gasteiger charge is -2.24. The molecule has 0 amide bonds. The summed E-state index contributed by atoms with van der Waals surface area (Å²) in [4.78, 5) is 11.7. The first-order valence-corrected chi connectivity index (χ1v) is 4.91. The molecule has 0 aliphatic heterocycles. The van der Waals surface area contributed by atoms with Crippen molar-refractivity contribution in [2.45, 2.75) is 26.9 Å². The Balaban J connectivity index is 3.16. The van der Waals surface area contributed by atoms with Gasteiger partial charge in [-0.2, -0.15) is 0 Å². The van der Waals surface area contributed by atoms with Gasteiger partial charge in [-0.15, -0.1) is 0 Å². The van der Waals surface area contributed by atoms with Crippen LogP contribution in [0, 0.1) is 17.0 Å². The van der Waals surface area contributed by atoms with Gasteiger partial charge in [-0.3, -0.25) is 4.79 Å². The van der Waals surface area contributed by atoms with Gasteiger partial charge in [-0.05, 0) is 17.5 Å². The molecule has 0 aliphatic carbocycles. The zero-order valence-electron chi connectivity index (χ0n) is 9.42. The summed E-state index contributed by atoms with van der Waals surface area (Å²) in [5.41, 5.74) is -1.43.